The van der Waals surface area contributed by atoms with Crippen LogP contribution in [0.1, 0.15) is 38.7 Å². The van der Waals surface area contributed by atoms with E-state index >= 15 is 0 Å². The molecule has 1 N–H and O–H groups in total. The summed E-state index contributed by atoms with van der Waals surface area (Å²) >= 11 is 0. The van der Waals surface area contributed by atoms with Crippen molar-refractivity contribution in [3.8, 4) is 0 Å². The predicted octanol–water partition coefficient (Wildman–Crippen LogP) is 2.03. The number of rotatable bonds is 5. The monoisotopic (exact) mass is 316 g/mol. The van der Waals surface area contributed by atoms with Gasteiger partial charge in [0.15, 0.2) is 0 Å². The smallest absolute Gasteiger partial charge is 0.237 e. The van der Waals surface area contributed by atoms with E-state index in [1.807, 2.05) is 6.20 Å². The van der Waals surface area contributed by atoms with Crippen LogP contribution >= 0.6 is 0 Å². The van der Waals surface area contributed by atoms with Gasteiger partial charge < -0.3 is 10.2 Å². The Labute approximate surface area is 139 Å². The lowest BCUT2D eigenvalue weighted by atomic mass is 9.99. The molecular weight excluding hydrogens is 288 g/mol. The average molecular weight is 316 g/mol. The summed E-state index contributed by atoms with van der Waals surface area (Å²) in [5, 5.41) is 3.00. The molecule has 1 aromatic rings. The Bertz CT molecular complexity index is 522. The maximum absolute atomic E-state index is 12.2. The van der Waals surface area contributed by atoms with Crippen LogP contribution in [-0.4, -0.2) is 48.0 Å². The Balaban J connectivity index is 1.65. The zero-order valence-corrected chi connectivity index (χ0v) is 14.3. The Kier molecular flexibility index (Phi) is 5.16. The third-order valence-corrected chi connectivity index (χ3v) is 4.76. The summed E-state index contributed by atoms with van der Waals surface area (Å²) in [5.74, 6) is 1.77. The van der Waals surface area contributed by atoms with E-state index in [9.17, 15) is 4.79 Å². The Morgan fingerprint density at radius 3 is 2.70 bits per heavy atom. The second kappa shape index (κ2) is 7.30. The van der Waals surface area contributed by atoms with E-state index in [2.05, 4.69) is 46.1 Å². The van der Waals surface area contributed by atoms with Gasteiger partial charge in [0.2, 0.25) is 5.91 Å². The molecule has 5 nitrogen and oxygen atoms in total. The first-order valence-electron chi connectivity index (χ1n) is 8.85. The number of hydrogen-bond acceptors (Lipinski definition) is 4. The second-order valence-electron chi connectivity index (χ2n) is 7.13. The zero-order chi connectivity index (χ0) is 16.2. The van der Waals surface area contributed by atoms with Crippen molar-refractivity contribution in [2.75, 3.05) is 31.1 Å². The number of anilines is 1. The first kappa shape index (κ1) is 16.2. The van der Waals surface area contributed by atoms with Crippen LogP contribution in [0.25, 0.3) is 0 Å². The van der Waals surface area contributed by atoms with E-state index in [0.29, 0.717) is 5.92 Å². The predicted molar refractivity (Wildman–Crippen MR) is 92.3 cm³/mol. The van der Waals surface area contributed by atoms with Crippen LogP contribution < -0.4 is 10.2 Å². The number of amides is 1. The summed E-state index contributed by atoms with van der Waals surface area (Å²) in [6.07, 6.45) is 5.42. The third-order valence-electron chi connectivity index (χ3n) is 4.76. The van der Waals surface area contributed by atoms with E-state index in [0.717, 1.165) is 45.0 Å². The van der Waals surface area contributed by atoms with Crippen molar-refractivity contribution < 1.29 is 4.79 Å². The van der Waals surface area contributed by atoms with E-state index in [1.165, 1.54) is 18.4 Å². The minimum absolute atomic E-state index is 0.0120. The summed E-state index contributed by atoms with van der Waals surface area (Å²) in [5.41, 5.74) is 1.19. The topological polar surface area (TPSA) is 48.5 Å². The molecule has 0 unspecified atom stereocenters. The molecule has 2 aliphatic rings. The molecule has 0 saturated carbocycles. The first-order valence-corrected chi connectivity index (χ1v) is 8.85. The van der Waals surface area contributed by atoms with Gasteiger partial charge >= 0.3 is 0 Å². The molecule has 126 valence electrons. The fraction of sp³-hybridized carbons (Fsp3) is 0.667. The Morgan fingerprint density at radius 2 is 2.04 bits per heavy atom. The molecule has 0 aromatic carbocycles. The SMILES string of the molecule is CC(C)C[C@H]1C(=O)NCCN1Cc1ccc(N2CCCC2)nc1. The van der Waals surface area contributed by atoms with Gasteiger partial charge in [-0.2, -0.15) is 0 Å². The number of nitrogens with zero attached hydrogens (tertiary/aromatic N) is 3. The fourth-order valence-electron chi connectivity index (χ4n) is 3.53. The van der Waals surface area contributed by atoms with Gasteiger partial charge in [0.25, 0.3) is 0 Å². The number of piperazine rings is 1. The molecule has 1 amide bonds. The molecule has 3 heterocycles. The second-order valence-corrected chi connectivity index (χ2v) is 7.13. The van der Waals surface area contributed by atoms with Crippen molar-refractivity contribution in [2.45, 2.75) is 45.7 Å². The summed E-state index contributed by atoms with van der Waals surface area (Å²) in [6, 6.07) is 4.28. The highest BCUT2D eigenvalue weighted by Gasteiger charge is 2.30. The number of pyridine rings is 1. The van der Waals surface area contributed by atoms with Crippen molar-refractivity contribution in [1.29, 1.82) is 0 Å². The molecule has 2 saturated heterocycles. The standard InChI is InChI=1S/C18H28N4O/c1-14(2)11-16-18(23)19-7-10-22(16)13-15-5-6-17(20-12-15)21-8-3-4-9-21/h5-6,12,14,16H,3-4,7-11,13H2,1-2H3,(H,19,23)/t16-/m0/s1. The quantitative estimate of drug-likeness (QED) is 0.903. The van der Waals surface area contributed by atoms with Crippen molar-refractivity contribution >= 4 is 11.7 Å². The molecule has 0 spiro atoms. The molecule has 2 aliphatic heterocycles. The van der Waals surface area contributed by atoms with E-state index < -0.39 is 0 Å². The molecule has 5 heteroatoms. The normalized spacial score (nSPS) is 22.7. The van der Waals surface area contributed by atoms with Crippen molar-refractivity contribution in [2.24, 2.45) is 5.92 Å². The number of nitrogens with one attached hydrogen (secondary N) is 1. The Hall–Kier alpha value is -1.62. The highest BCUT2D eigenvalue weighted by atomic mass is 16.2. The lowest BCUT2D eigenvalue weighted by Crippen LogP contribution is -2.55. The van der Waals surface area contributed by atoms with Gasteiger partial charge in [-0.1, -0.05) is 19.9 Å². The summed E-state index contributed by atoms with van der Waals surface area (Å²) < 4.78 is 0. The highest BCUT2D eigenvalue weighted by molar-refractivity contribution is 5.82. The van der Waals surface area contributed by atoms with Crippen molar-refractivity contribution in [1.82, 2.24) is 15.2 Å². The van der Waals surface area contributed by atoms with Crippen LogP contribution in [0.5, 0.6) is 0 Å². The summed E-state index contributed by atoms with van der Waals surface area (Å²) in [4.78, 5) is 21.5. The van der Waals surface area contributed by atoms with Gasteiger partial charge in [0, 0.05) is 38.9 Å². The van der Waals surface area contributed by atoms with Crippen molar-refractivity contribution in [3.05, 3.63) is 23.9 Å². The molecule has 1 aromatic heterocycles. The van der Waals surface area contributed by atoms with Crippen LogP contribution in [-0.2, 0) is 11.3 Å². The minimum Gasteiger partial charge on any atom is -0.357 e. The lowest BCUT2D eigenvalue weighted by Gasteiger charge is -2.36. The molecule has 2 fully saturated rings. The highest BCUT2D eigenvalue weighted by Crippen LogP contribution is 2.20. The molecule has 3 rings (SSSR count). The average Bonchev–Trinajstić information content (AvgIpc) is 3.05. The third kappa shape index (κ3) is 4.02. The van der Waals surface area contributed by atoms with Crippen LogP contribution in [0.3, 0.4) is 0 Å². The van der Waals surface area contributed by atoms with Crippen molar-refractivity contribution in [3.63, 3.8) is 0 Å². The minimum atomic E-state index is -0.0120. The Morgan fingerprint density at radius 1 is 1.26 bits per heavy atom. The lowest BCUT2D eigenvalue weighted by molar-refractivity contribution is -0.130. The number of aromatic nitrogens is 1. The molecule has 0 aliphatic carbocycles. The van der Waals surface area contributed by atoms with Gasteiger partial charge in [-0.25, -0.2) is 4.98 Å². The van der Waals surface area contributed by atoms with E-state index in [1.54, 1.807) is 0 Å². The zero-order valence-electron chi connectivity index (χ0n) is 14.3. The fourth-order valence-corrected chi connectivity index (χ4v) is 3.53. The number of carbonyl (C=O) groups excluding carboxylic acids is 1. The van der Waals surface area contributed by atoms with Crippen LogP contribution in [0, 0.1) is 5.92 Å². The van der Waals surface area contributed by atoms with Gasteiger partial charge in [-0.05, 0) is 36.8 Å². The number of carbonyl (C=O) groups is 1. The summed E-state index contributed by atoms with van der Waals surface area (Å²) in [6.45, 7) is 9.05. The number of hydrogen-bond donors (Lipinski definition) is 1. The summed E-state index contributed by atoms with van der Waals surface area (Å²) in [7, 11) is 0. The van der Waals surface area contributed by atoms with Gasteiger partial charge in [-0.3, -0.25) is 9.69 Å². The molecule has 23 heavy (non-hydrogen) atoms. The molecule has 1 atom stereocenters. The van der Waals surface area contributed by atoms with E-state index in [-0.39, 0.29) is 11.9 Å². The van der Waals surface area contributed by atoms with Crippen LogP contribution in [0.2, 0.25) is 0 Å². The first-order chi connectivity index (χ1) is 11.1. The molecule has 0 radical (unpaired) electrons. The largest absolute Gasteiger partial charge is 0.357 e. The van der Waals surface area contributed by atoms with E-state index in [4.69, 9.17) is 0 Å². The van der Waals surface area contributed by atoms with Crippen LogP contribution in [0.15, 0.2) is 18.3 Å². The van der Waals surface area contributed by atoms with Gasteiger partial charge in [-0.15, -0.1) is 0 Å². The van der Waals surface area contributed by atoms with Gasteiger partial charge in [0.1, 0.15) is 5.82 Å². The van der Waals surface area contributed by atoms with Crippen LogP contribution in [0.4, 0.5) is 5.82 Å². The van der Waals surface area contributed by atoms with Gasteiger partial charge in [0.05, 0.1) is 6.04 Å². The maximum atomic E-state index is 12.2. The molecule has 0 bridgehead atoms. The molecular formula is C18H28N4O. The maximum Gasteiger partial charge on any atom is 0.237 e.